The Hall–Kier alpha value is -0.590. The van der Waals surface area contributed by atoms with Gasteiger partial charge in [-0.25, -0.2) is 0 Å². The molecule has 4 aliphatic rings. The van der Waals surface area contributed by atoms with Crippen LogP contribution in [0.5, 0.6) is 0 Å². The number of carbonyl (C=O) groups excluding carboxylic acids is 1. The first-order valence-corrected chi connectivity index (χ1v) is 9.17. The highest BCUT2D eigenvalue weighted by molar-refractivity contribution is 5.96. The molecule has 4 rings (SSSR count). The Morgan fingerprint density at radius 2 is 1.86 bits per heavy atom. The number of ketones is 1. The maximum absolute atomic E-state index is 12.1. The van der Waals surface area contributed by atoms with Gasteiger partial charge in [-0.3, -0.25) is 4.79 Å². The van der Waals surface area contributed by atoms with Gasteiger partial charge in [0.15, 0.2) is 5.78 Å². The molecule has 0 amide bonds. The van der Waals surface area contributed by atoms with Crippen molar-refractivity contribution in [1.29, 1.82) is 0 Å². The summed E-state index contributed by atoms with van der Waals surface area (Å²) < 4.78 is 0. The Morgan fingerprint density at radius 3 is 2.67 bits per heavy atom. The lowest BCUT2D eigenvalue weighted by Gasteiger charge is -2.58. The van der Waals surface area contributed by atoms with Gasteiger partial charge in [-0.2, -0.15) is 0 Å². The highest BCUT2D eigenvalue weighted by Crippen LogP contribution is 2.65. The van der Waals surface area contributed by atoms with Crippen LogP contribution in [0.15, 0.2) is 11.6 Å². The van der Waals surface area contributed by atoms with Gasteiger partial charge in [0.25, 0.3) is 0 Å². The van der Waals surface area contributed by atoms with Gasteiger partial charge < -0.3 is 0 Å². The van der Waals surface area contributed by atoms with E-state index in [4.69, 9.17) is 0 Å². The third-order valence-electron chi connectivity index (χ3n) is 8.14. The Balaban J connectivity index is 1.71. The molecule has 116 valence electrons. The second-order valence-electron chi connectivity index (χ2n) is 9.06. The van der Waals surface area contributed by atoms with E-state index in [0.29, 0.717) is 22.5 Å². The van der Waals surface area contributed by atoms with E-state index in [9.17, 15) is 4.79 Å². The fourth-order valence-electron chi connectivity index (χ4n) is 6.94. The van der Waals surface area contributed by atoms with Crippen LogP contribution in [-0.2, 0) is 4.79 Å². The first-order chi connectivity index (χ1) is 9.94. The first-order valence-electron chi connectivity index (χ1n) is 9.17. The number of rotatable bonds is 0. The molecular formula is C20H30O. The van der Waals surface area contributed by atoms with E-state index < -0.39 is 0 Å². The number of fused-ring (bicyclic) bond motifs is 5. The van der Waals surface area contributed by atoms with E-state index in [1.165, 1.54) is 44.9 Å². The van der Waals surface area contributed by atoms with E-state index in [1.54, 1.807) is 0 Å². The average Bonchev–Trinajstić information content (AvgIpc) is 2.82. The van der Waals surface area contributed by atoms with Crippen molar-refractivity contribution in [3.8, 4) is 0 Å². The minimum Gasteiger partial charge on any atom is -0.295 e. The van der Waals surface area contributed by atoms with Crippen LogP contribution in [0.1, 0.15) is 72.1 Å². The summed E-state index contributed by atoms with van der Waals surface area (Å²) in [5, 5.41) is 0. The van der Waals surface area contributed by atoms with E-state index >= 15 is 0 Å². The molecule has 0 saturated heterocycles. The van der Waals surface area contributed by atoms with Gasteiger partial charge in [-0.1, -0.05) is 26.3 Å². The van der Waals surface area contributed by atoms with Crippen LogP contribution in [0.3, 0.4) is 0 Å². The van der Waals surface area contributed by atoms with E-state index in [2.05, 4.69) is 26.8 Å². The SMILES string of the molecule is CC1=C[C@@]2(C)[C@@H](CC[C@H]3[C@@H]4CCC[C@@]4(C)CC[C@@H]32)CC1=O. The van der Waals surface area contributed by atoms with Crippen LogP contribution in [0.25, 0.3) is 0 Å². The summed E-state index contributed by atoms with van der Waals surface area (Å²) in [5.41, 5.74) is 2.01. The van der Waals surface area contributed by atoms with E-state index in [0.717, 1.165) is 29.7 Å². The van der Waals surface area contributed by atoms with Crippen molar-refractivity contribution in [1.82, 2.24) is 0 Å². The molecule has 6 atom stereocenters. The first kappa shape index (κ1) is 14.0. The van der Waals surface area contributed by atoms with Crippen LogP contribution in [-0.4, -0.2) is 5.78 Å². The van der Waals surface area contributed by atoms with Crippen molar-refractivity contribution in [3.63, 3.8) is 0 Å². The zero-order chi connectivity index (χ0) is 14.8. The van der Waals surface area contributed by atoms with Crippen LogP contribution in [0.4, 0.5) is 0 Å². The number of allylic oxidation sites excluding steroid dienone is 2. The summed E-state index contributed by atoms with van der Waals surface area (Å²) in [6.45, 7) is 7.11. The lowest BCUT2D eigenvalue weighted by atomic mass is 9.46. The van der Waals surface area contributed by atoms with Crippen LogP contribution in [0.2, 0.25) is 0 Å². The zero-order valence-corrected chi connectivity index (χ0v) is 14.0. The highest BCUT2D eigenvalue weighted by atomic mass is 16.1. The fourth-order valence-corrected chi connectivity index (χ4v) is 6.94. The van der Waals surface area contributed by atoms with Gasteiger partial charge in [-0.05, 0) is 85.5 Å². The number of hydrogen-bond donors (Lipinski definition) is 0. The molecule has 3 fully saturated rings. The molecule has 4 aliphatic carbocycles. The number of carbonyl (C=O) groups is 1. The van der Waals surface area contributed by atoms with Gasteiger partial charge in [-0.15, -0.1) is 0 Å². The number of hydrogen-bond acceptors (Lipinski definition) is 1. The van der Waals surface area contributed by atoms with Gasteiger partial charge in [0.2, 0.25) is 0 Å². The maximum Gasteiger partial charge on any atom is 0.158 e. The van der Waals surface area contributed by atoms with Crippen LogP contribution < -0.4 is 0 Å². The predicted molar refractivity (Wildman–Crippen MR) is 85.9 cm³/mol. The molecule has 0 aliphatic heterocycles. The quantitative estimate of drug-likeness (QED) is 0.601. The molecule has 0 bridgehead atoms. The standard InChI is InChI=1S/C20H30O/c1-13-12-20(3)14(11-18(13)21)6-7-15-16-5-4-9-19(16,2)10-8-17(15)20/h12,14-17H,4-11H2,1-3H3/t14-,15-,16-,17-,19-,20-/m0/s1. The zero-order valence-electron chi connectivity index (χ0n) is 14.0. The average molecular weight is 286 g/mol. The maximum atomic E-state index is 12.1. The minimum absolute atomic E-state index is 0.310. The summed E-state index contributed by atoms with van der Waals surface area (Å²) in [5.74, 6) is 3.79. The molecule has 1 nitrogen and oxygen atoms in total. The van der Waals surface area contributed by atoms with E-state index in [1.807, 2.05) is 0 Å². The third-order valence-corrected chi connectivity index (χ3v) is 8.14. The molecule has 0 N–H and O–H groups in total. The summed E-state index contributed by atoms with van der Waals surface area (Å²) in [7, 11) is 0. The largest absolute Gasteiger partial charge is 0.295 e. The Bertz CT molecular complexity index is 504. The second kappa shape index (κ2) is 4.46. The normalized spacial score (nSPS) is 52.7. The van der Waals surface area contributed by atoms with Crippen LogP contribution >= 0.6 is 0 Å². The minimum atomic E-state index is 0.310. The summed E-state index contributed by atoms with van der Waals surface area (Å²) >= 11 is 0. The van der Waals surface area contributed by atoms with Gasteiger partial charge >= 0.3 is 0 Å². The highest BCUT2D eigenvalue weighted by Gasteiger charge is 2.57. The Labute approximate surface area is 129 Å². The van der Waals surface area contributed by atoms with Crippen molar-refractivity contribution >= 4 is 5.78 Å². The molecule has 0 unspecified atom stereocenters. The van der Waals surface area contributed by atoms with E-state index in [-0.39, 0.29) is 0 Å². The van der Waals surface area contributed by atoms with Crippen molar-refractivity contribution in [2.75, 3.05) is 0 Å². The van der Waals surface area contributed by atoms with Crippen molar-refractivity contribution < 1.29 is 4.79 Å². The van der Waals surface area contributed by atoms with Crippen LogP contribution in [0, 0.1) is 34.5 Å². The fraction of sp³-hybridized carbons (Fsp3) is 0.850. The molecule has 0 aromatic rings. The second-order valence-corrected chi connectivity index (χ2v) is 9.06. The summed E-state index contributed by atoms with van der Waals surface area (Å²) in [6.07, 6.45) is 13.1. The predicted octanol–water partition coefficient (Wildman–Crippen LogP) is 5.15. The van der Waals surface area contributed by atoms with Crippen molar-refractivity contribution in [2.45, 2.75) is 72.1 Å². The summed E-state index contributed by atoms with van der Waals surface area (Å²) in [4.78, 5) is 12.1. The molecule has 3 saturated carbocycles. The Morgan fingerprint density at radius 1 is 1.05 bits per heavy atom. The lowest BCUT2D eigenvalue weighted by Crippen LogP contribution is -2.51. The van der Waals surface area contributed by atoms with Gasteiger partial charge in [0.1, 0.15) is 0 Å². The molecule has 0 aromatic carbocycles. The summed E-state index contributed by atoms with van der Waals surface area (Å²) in [6, 6.07) is 0. The molecule has 0 aromatic heterocycles. The van der Waals surface area contributed by atoms with Crippen molar-refractivity contribution in [2.24, 2.45) is 34.5 Å². The van der Waals surface area contributed by atoms with Crippen molar-refractivity contribution in [3.05, 3.63) is 11.6 Å². The van der Waals surface area contributed by atoms with Gasteiger partial charge in [0, 0.05) is 6.42 Å². The topological polar surface area (TPSA) is 17.1 Å². The Kier molecular flexibility index (Phi) is 2.98. The molecule has 0 radical (unpaired) electrons. The number of Topliss-reactive ketones (excluding diaryl/α,β-unsaturated/α-hetero) is 1. The third kappa shape index (κ3) is 1.85. The monoisotopic (exact) mass is 286 g/mol. The molecule has 0 spiro atoms. The molecular weight excluding hydrogens is 256 g/mol. The molecule has 1 heteroatoms. The molecule has 21 heavy (non-hydrogen) atoms. The lowest BCUT2D eigenvalue weighted by molar-refractivity contribution is -0.122. The molecule has 0 heterocycles. The smallest absolute Gasteiger partial charge is 0.158 e. The van der Waals surface area contributed by atoms with Gasteiger partial charge in [0.05, 0.1) is 0 Å².